The number of fused-ring (bicyclic) bond motifs is 2. The van der Waals surface area contributed by atoms with E-state index in [1.165, 1.54) is 60.2 Å². The average molecular weight is 665 g/mol. The molecule has 3 aliphatic rings. The lowest BCUT2D eigenvalue weighted by molar-refractivity contribution is -0.161. The summed E-state index contributed by atoms with van der Waals surface area (Å²) in [6.45, 7) is 6.98. The number of piperazine rings is 1. The third-order valence-electron chi connectivity index (χ3n) is 8.61. The van der Waals surface area contributed by atoms with Gasteiger partial charge in [-0.05, 0) is 31.5 Å². The zero-order valence-electron chi connectivity index (χ0n) is 25.6. The van der Waals surface area contributed by atoms with E-state index in [1.807, 2.05) is 4.90 Å². The maximum absolute atomic E-state index is 13.6. The Labute approximate surface area is 271 Å². The lowest BCUT2D eigenvalue weighted by Crippen LogP contribution is -2.71. The Morgan fingerprint density at radius 1 is 1.09 bits per heavy atom. The van der Waals surface area contributed by atoms with Gasteiger partial charge in [-0.15, -0.1) is 11.8 Å². The molecule has 0 bridgehead atoms. The van der Waals surface area contributed by atoms with E-state index < -0.39 is 57.4 Å². The number of β-lactam (4-membered cyclic amide) rings is 1. The number of aromatic amines is 1. The van der Waals surface area contributed by atoms with Gasteiger partial charge >= 0.3 is 5.97 Å². The minimum absolute atomic E-state index is 0.0155. The number of phenols is 1. The molecule has 0 radical (unpaired) electrons. The molecule has 3 fully saturated rings. The Morgan fingerprint density at radius 2 is 1.77 bits per heavy atom. The summed E-state index contributed by atoms with van der Waals surface area (Å²) >= 11 is 1.26. The van der Waals surface area contributed by atoms with Crippen LogP contribution in [0.4, 0.5) is 5.95 Å². The van der Waals surface area contributed by atoms with Gasteiger partial charge < -0.3 is 40.5 Å². The van der Waals surface area contributed by atoms with Crippen molar-refractivity contribution in [1.82, 2.24) is 35.4 Å². The first-order valence-electron chi connectivity index (χ1n) is 14.8. The summed E-state index contributed by atoms with van der Waals surface area (Å²) < 4.78 is -0.803. The number of aromatic nitrogens is 3. The molecule has 0 unspecified atom stereocenters. The zero-order chi connectivity index (χ0) is 33.8. The Balaban J connectivity index is 1.21. The third kappa shape index (κ3) is 5.70. The van der Waals surface area contributed by atoms with Crippen molar-refractivity contribution in [2.45, 2.75) is 49.0 Å². The van der Waals surface area contributed by atoms with Crippen LogP contribution in [0.25, 0.3) is 11.0 Å². The van der Waals surface area contributed by atoms with Crippen molar-refractivity contribution in [3.8, 4) is 5.75 Å². The maximum atomic E-state index is 13.6. The molecule has 0 aliphatic carbocycles. The molecule has 5 N–H and O–H groups in total. The highest BCUT2D eigenvalue weighted by Crippen LogP contribution is 2.50. The molecule has 4 amide bonds. The van der Waals surface area contributed by atoms with Gasteiger partial charge in [0.05, 0.1) is 5.39 Å². The lowest BCUT2D eigenvalue weighted by atomic mass is 9.95. The van der Waals surface area contributed by atoms with Crippen LogP contribution < -0.4 is 21.0 Å². The molecule has 3 aromatic rings. The number of rotatable bonds is 7. The quantitative estimate of drug-likeness (QED) is 0.207. The van der Waals surface area contributed by atoms with Gasteiger partial charge in [0.15, 0.2) is 0 Å². The molecule has 16 nitrogen and oxygen atoms in total. The van der Waals surface area contributed by atoms with Gasteiger partial charge in [-0.25, -0.2) is 9.78 Å². The summed E-state index contributed by atoms with van der Waals surface area (Å²) in [7, 11) is 0. The first-order chi connectivity index (χ1) is 22.3. The van der Waals surface area contributed by atoms with E-state index in [4.69, 9.17) is 0 Å². The van der Waals surface area contributed by atoms with Gasteiger partial charge in [0.2, 0.25) is 29.1 Å². The van der Waals surface area contributed by atoms with Gasteiger partial charge in [0.1, 0.15) is 40.5 Å². The number of amides is 4. The van der Waals surface area contributed by atoms with Crippen molar-refractivity contribution in [2.24, 2.45) is 0 Å². The predicted octanol–water partition coefficient (Wildman–Crippen LogP) is -0.205. The van der Waals surface area contributed by atoms with Crippen LogP contribution in [0.15, 0.2) is 41.5 Å². The normalized spacial score (nSPS) is 22.3. The highest BCUT2D eigenvalue weighted by Gasteiger charge is 2.64. The first kappa shape index (κ1) is 31.8. The number of anilines is 1. The average Bonchev–Trinajstić information content (AvgIpc) is 3.30. The summed E-state index contributed by atoms with van der Waals surface area (Å²) in [6, 6.07) is 1.99. The Bertz CT molecular complexity index is 1860. The standard InChI is InChI=1S/C30H32N8O8S/c1-14(39)36-8-10-37(11-9-36)29-32-12-17-21(41)18(13-31-23(17)35-29)24(42)33-19(15-4-6-16(40)7-5-15)25(43)34-20-26(44)38-22(28(45)46)30(2,3)47-27(20)38/h4-7,12-13,19-20,22,27,40H,8-11H2,1-3H3,(H,33,42)(H,34,43)(H,45,46)(H,31,32,35,41)/t19-,20-,22+,27-/m1/s1. The molecular formula is C30H32N8O8S. The number of carbonyl (C=O) groups excluding carboxylic acids is 4. The van der Waals surface area contributed by atoms with Crippen molar-refractivity contribution >= 4 is 58.3 Å². The Morgan fingerprint density at radius 3 is 2.40 bits per heavy atom. The minimum Gasteiger partial charge on any atom is -0.508 e. The molecule has 2 aromatic heterocycles. The summed E-state index contributed by atoms with van der Waals surface area (Å²) in [5.41, 5.74) is -0.537. The summed E-state index contributed by atoms with van der Waals surface area (Å²) in [4.78, 5) is 93.5. The van der Waals surface area contributed by atoms with E-state index in [0.717, 1.165) is 0 Å². The number of nitrogens with zero attached hydrogens (tertiary/aromatic N) is 5. The molecule has 17 heteroatoms. The number of carboxylic acids is 1. The second kappa shape index (κ2) is 11.9. The largest absolute Gasteiger partial charge is 0.508 e. The molecule has 4 atom stereocenters. The fourth-order valence-corrected chi connectivity index (χ4v) is 7.73. The number of aromatic hydroxyl groups is 1. The number of phenolic OH excluding ortho intramolecular Hbond substituents is 1. The molecule has 3 aliphatic heterocycles. The molecule has 0 saturated carbocycles. The van der Waals surface area contributed by atoms with Crippen LogP contribution in [-0.4, -0.2) is 113 Å². The third-order valence-corrected chi connectivity index (χ3v) is 10.2. The van der Waals surface area contributed by atoms with Gasteiger partial charge in [0.25, 0.3) is 5.91 Å². The van der Waals surface area contributed by atoms with Crippen LogP contribution in [0, 0.1) is 0 Å². The number of benzene rings is 1. The van der Waals surface area contributed by atoms with Crippen molar-refractivity contribution in [3.05, 3.63) is 58.0 Å². The number of hydrogen-bond donors (Lipinski definition) is 5. The second-order valence-corrected chi connectivity index (χ2v) is 13.8. The van der Waals surface area contributed by atoms with Crippen LogP contribution in [0.3, 0.4) is 0 Å². The molecule has 47 heavy (non-hydrogen) atoms. The van der Waals surface area contributed by atoms with E-state index in [1.54, 1.807) is 18.7 Å². The van der Waals surface area contributed by atoms with Crippen molar-refractivity contribution < 1.29 is 34.2 Å². The first-order valence-corrected chi connectivity index (χ1v) is 15.7. The topological polar surface area (TPSA) is 218 Å². The summed E-state index contributed by atoms with van der Waals surface area (Å²) in [5, 5.41) is 24.1. The number of aliphatic carboxylic acids is 1. The zero-order valence-corrected chi connectivity index (χ0v) is 26.4. The molecule has 1 aromatic carbocycles. The van der Waals surface area contributed by atoms with Gasteiger partial charge in [-0.2, -0.15) is 4.98 Å². The van der Waals surface area contributed by atoms with Gasteiger partial charge in [-0.3, -0.25) is 24.0 Å². The second-order valence-electron chi connectivity index (χ2n) is 12.0. The van der Waals surface area contributed by atoms with Crippen LogP contribution in [0.5, 0.6) is 5.75 Å². The van der Waals surface area contributed by atoms with Gasteiger partial charge in [0, 0.05) is 50.2 Å². The molecular weight excluding hydrogens is 632 g/mol. The molecule has 246 valence electrons. The lowest BCUT2D eigenvalue weighted by Gasteiger charge is -2.44. The SMILES string of the molecule is CC(=O)N1CCN(c2ncc3c(=O)c(C(=O)N[C@@H](C(=O)N[C@@H]4C(=O)N5[C@@H]4SC(C)(C)[C@@H]5C(=O)O)c4ccc(O)cc4)c[nH]c3n2)CC1. The van der Waals surface area contributed by atoms with E-state index >= 15 is 0 Å². The minimum atomic E-state index is -1.39. The van der Waals surface area contributed by atoms with Crippen LogP contribution in [0.1, 0.15) is 42.7 Å². The summed E-state index contributed by atoms with van der Waals surface area (Å²) in [5.74, 6) is -3.11. The molecule has 0 spiro atoms. The number of carbonyl (C=O) groups is 5. The maximum Gasteiger partial charge on any atom is 0.327 e. The monoisotopic (exact) mass is 664 g/mol. The highest BCUT2D eigenvalue weighted by molar-refractivity contribution is 8.01. The van der Waals surface area contributed by atoms with Crippen LogP contribution >= 0.6 is 11.8 Å². The van der Waals surface area contributed by atoms with E-state index in [2.05, 4.69) is 25.6 Å². The van der Waals surface area contributed by atoms with Crippen molar-refractivity contribution in [2.75, 3.05) is 31.1 Å². The van der Waals surface area contributed by atoms with Crippen molar-refractivity contribution in [3.63, 3.8) is 0 Å². The van der Waals surface area contributed by atoms with Gasteiger partial charge in [-0.1, -0.05) is 12.1 Å². The molecule has 6 rings (SSSR count). The number of H-pyrrole nitrogens is 1. The predicted molar refractivity (Wildman–Crippen MR) is 169 cm³/mol. The smallest absolute Gasteiger partial charge is 0.327 e. The number of hydrogen-bond acceptors (Lipinski definition) is 11. The molecule has 5 heterocycles. The Kier molecular flexibility index (Phi) is 8.03. The van der Waals surface area contributed by atoms with Crippen LogP contribution in [-0.2, 0) is 19.2 Å². The fourth-order valence-electron chi connectivity index (χ4n) is 6.10. The number of thioether (sulfide) groups is 1. The van der Waals surface area contributed by atoms with Crippen LogP contribution in [0.2, 0.25) is 0 Å². The molecule has 3 saturated heterocycles. The van der Waals surface area contributed by atoms with Crippen molar-refractivity contribution in [1.29, 1.82) is 0 Å². The number of pyridine rings is 1. The number of carboxylic acid groups (broad SMARTS) is 1. The van der Waals surface area contributed by atoms with E-state index in [0.29, 0.717) is 32.1 Å². The summed E-state index contributed by atoms with van der Waals surface area (Å²) in [6.07, 6.45) is 2.50. The van der Waals surface area contributed by atoms with E-state index in [9.17, 15) is 39.0 Å². The van der Waals surface area contributed by atoms with E-state index in [-0.39, 0.29) is 33.8 Å². The fraction of sp³-hybridized carbons (Fsp3) is 0.400. The Hall–Kier alpha value is -5.19. The highest BCUT2D eigenvalue weighted by atomic mass is 32.2. The number of nitrogens with one attached hydrogen (secondary N) is 3.